The third-order valence-corrected chi connectivity index (χ3v) is 5.02. The topological polar surface area (TPSA) is 55.3 Å². The molecule has 24 heavy (non-hydrogen) atoms. The first kappa shape index (κ1) is 19.1. The lowest BCUT2D eigenvalue weighted by molar-refractivity contribution is 0.428. The molecular formula is C16H28N6S2. The smallest absolute Gasteiger partial charge is 0.189 e. The molecule has 2 fully saturated rings. The molecule has 0 amide bonds. The van der Waals surface area contributed by atoms with Crippen LogP contribution in [0.4, 0.5) is 0 Å². The van der Waals surface area contributed by atoms with Gasteiger partial charge in [-0.15, -0.1) is 0 Å². The van der Waals surface area contributed by atoms with Crippen molar-refractivity contribution in [3.63, 3.8) is 0 Å². The highest BCUT2D eigenvalue weighted by Gasteiger charge is 2.12. The molecule has 0 radical (unpaired) electrons. The first-order chi connectivity index (χ1) is 11.8. The zero-order valence-electron chi connectivity index (χ0n) is 14.2. The summed E-state index contributed by atoms with van der Waals surface area (Å²) in [6.45, 7) is 4.06. The Hall–Kier alpha value is -1.28. The van der Waals surface area contributed by atoms with E-state index in [2.05, 4.69) is 30.9 Å². The summed E-state index contributed by atoms with van der Waals surface area (Å²) in [6.07, 6.45) is 13.1. The van der Waals surface area contributed by atoms with E-state index in [9.17, 15) is 0 Å². The lowest BCUT2D eigenvalue weighted by atomic mass is 10.2. The summed E-state index contributed by atoms with van der Waals surface area (Å²) in [5.74, 6) is 0. The van der Waals surface area contributed by atoms with Crippen molar-refractivity contribution in [2.45, 2.75) is 51.4 Å². The average molecular weight is 369 g/mol. The second-order valence-electron chi connectivity index (χ2n) is 6.19. The lowest BCUT2D eigenvalue weighted by Gasteiger charge is -2.22. The van der Waals surface area contributed by atoms with Gasteiger partial charge < -0.3 is 9.80 Å². The predicted octanol–water partition coefficient (Wildman–Crippen LogP) is 2.46. The molecule has 0 bridgehead atoms. The van der Waals surface area contributed by atoms with Gasteiger partial charge in [-0.25, -0.2) is 0 Å². The van der Waals surface area contributed by atoms with E-state index in [1.54, 1.807) is 12.4 Å². The van der Waals surface area contributed by atoms with Crippen molar-refractivity contribution in [3.8, 4) is 0 Å². The van der Waals surface area contributed by atoms with Gasteiger partial charge in [-0.1, -0.05) is 25.7 Å². The molecule has 0 aromatic carbocycles. The van der Waals surface area contributed by atoms with Crippen LogP contribution in [0, 0.1) is 0 Å². The Kier molecular flexibility index (Phi) is 8.97. The molecule has 2 aliphatic rings. The van der Waals surface area contributed by atoms with Gasteiger partial charge in [-0.05, 0) is 50.1 Å². The van der Waals surface area contributed by atoms with Gasteiger partial charge in [-0.3, -0.25) is 10.9 Å². The van der Waals surface area contributed by atoms with Crippen LogP contribution in [0.2, 0.25) is 0 Å². The third kappa shape index (κ3) is 7.09. The first-order valence-electron chi connectivity index (χ1n) is 8.92. The lowest BCUT2D eigenvalue weighted by Crippen LogP contribution is -2.38. The fourth-order valence-electron chi connectivity index (χ4n) is 2.94. The van der Waals surface area contributed by atoms with Gasteiger partial charge in [0.25, 0.3) is 0 Å². The SMILES string of the molecule is S=C(N/N=C\C=N/NC(=S)N1CCCCCC1)N1CCCCCC1. The van der Waals surface area contributed by atoms with Crippen LogP contribution in [0.1, 0.15) is 51.4 Å². The van der Waals surface area contributed by atoms with E-state index in [0.29, 0.717) is 10.2 Å². The average Bonchev–Trinajstić information content (AvgIpc) is 3.02. The number of likely N-dealkylation sites (tertiary alicyclic amines) is 2. The van der Waals surface area contributed by atoms with E-state index in [0.717, 1.165) is 26.2 Å². The molecule has 2 saturated heterocycles. The van der Waals surface area contributed by atoms with Crippen molar-refractivity contribution in [1.29, 1.82) is 0 Å². The Morgan fingerprint density at radius 3 is 1.29 bits per heavy atom. The van der Waals surface area contributed by atoms with Crippen LogP contribution in [0.5, 0.6) is 0 Å². The van der Waals surface area contributed by atoms with Crippen LogP contribution in [-0.4, -0.2) is 58.6 Å². The van der Waals surface area contributed by atoms with Crippen molar-refractivity contribution in [1.82, 2.24) is 20.7 Å². The fraction of sp³-hybridized carbons (Fsp3) is 0.750. The highest BCUT2D eigenvalue weighted by molar-refractivity contribution is 7.80. The molecule has 2 heterocycles. The maximum absolute atomic E-state index is 5.37. The Morgan fingerprint density at radius 2 is 0.958 bits per heavy atom. The molecular weight excluding hydrogens is 340 g/mol. The molecule has 2 rings (SSSR count). The van der Waals surface area contributed by atoms with Crippen molar-refractivity contribution in [2.75, 3.05) is 26.2 Å². The van der Waals surface area contributed by atoms with Crippen molar-refractivity contribution >= 4 is 47.1 Å². The fourth-order valence-corrected chi connectivity index (χ4v) is 3.41. The van der Waals surface area contributed by atoms with E-state index in [4.69, 9.17) is 24.4 Å². The van der Waals surface area contributed by atoms with E-state index in [1.165, 1.54) is 51.4 Å². The minimum absolute atomic E-state index is 0.689. The predicted molar refractivity (Wildman–Crippen MR) is 109 cm³/mol. The number of hydrogen-bond donors (Lipinski definition) is 2. The maximum atomic E-state index is 5.37. The van der Waals surface area contributed by atoms with Gasteiger partial charge >= 0.3 is 0 Å². The minimum Gasteiger partial charge on any atom is -0.348 e. The van der Waals surface area contributed by atoms with Crippen LogP contribution in [0.25, 0.3) is 0 Å². The summed E-state index contributed by atoms with van der Waals surface area (Å²) in [5.41, 5.74) is 5.81. The van der Waals surface area contributed by atoms with Gasteiger partial charge in [-0.2, -0.15) is 10.2 Å². The zero-order valence-corrected chi connectivity index (χ0v) is 15.9. The molecule has 2 N–H and O–H groups in total. The first-order valence-corrected chi connectivity index (χ1v) is 9.73. The normalized spacial score (nSPS) is 20.0. The second-order valence-corrected chi connectivity index (χ2v) is 6.97. The maximum Gasteiger partial charge on any atom is 0.189 e. The molecule has 0 spiro atoms. The van der Waals surface area contributed by atoms with Crippen LogP contribution in [0.15, 0.2) is 10.2 Å². The number of hydrazone groups is 2. The van der Waals surface area contributed by atoms with Crippen LogP contribution < -0.4 is 10.9 Å². The summed E-state index contributed by atoms with van der Waals surface area (Å²) in [4.78, 5) is 4.37. The largest absolute Gasteiger partial charge is 0.348 e. The van der Waals surface area contributed by atoms with Gasteiger partial charge in [0.05, 0.1) is 12.4 Å². The van der Waals surface area contributed by atoms with Crippen LogP contribution >= 0.6 is 24.4 Å². The monoisotopic (exact) mass is 368 g/mol. The van der Waals surface area contributed by atoms with Crippen molar-refractivity contribution in [2.24, 2.45) is 10.2 Å². The number of rotatable bonds is 3. The number of hydrogen-bond acceptors (Lipinski definition) is 4. The van der Waals surface area contributed by atoms with Crippen molar-refractivity contribution < 1.29 is 0 Å². The molecule has 2 aliphatic heterocycles. The van der Waals surface area contributed by atoms with Gasteiger partial charge in [0.1, 0.15) is 0 Å². The quantitative estimate of drug-likeness (QED) is 0.453. The number of thiocarbonyl (C=S) groups is 2. The molecule has 6 nitrogen and oxygen atoms in total. The summed E-state index contributed by atoms with van der Waals surface area (Å²) < 4.78 is 0. The Morgan fingerprint density at radius 1 is 0.625 bits per heavy atom. The summed E-state index contributed by atoms with van der Waals surface area (Å²) in [6, 6.07) is 0. The zero-order chi connectivity index (χ0) is 17.0. The van der Waals surface area contributed by atoms with E-state index in [1.807, 2.05) is 0 Å². The van der Waals surface area contributed by atoms with E-state index in [-0.39, 0.29) is 0 Å². The Labute approximate surface area is 155 Å². The Bertz CT molecular complexity index is 407. The molecule has 0 unspecified atom stereocenters. The second kappa shape index (κ2) is 11.3. The highest BCUT2D eigenvalue weighted by Crippen LogP contribution is 2.10. The number of nitrogens with zero attached hydrogens (tertiary/aromatic N) is 4. The third-order valence-electron chi connectivity index (χ3n) is 4.32. The van der Waals surface area contributed by atoms with Crippen molar-refractivity contribution in [3.05, 3.63) is 0 Å². The van der Waals surface area contributed by atoms with Gasteiger partial charge in [0, 0.05) is 26.2 Å². The number of nitrogens with one attached hydrogen (secondary N) is 2. The molecule has 0 aromatic rings. The van der Waals surface area contributed by atoms with Crippen LogP contribution in [-0.2, 0) is 0 Å². The molecule has 134 valence electrons. The highest BCUT2D eigenvalue weighted by atomic mass is 32.1. The van der Waals surface area contributed by atoms with Crippen LogP contribution in [0.3, 0.4) is 0 Å². The Balaban J connectivity index is 1.64. The van der Waals surface area contributed by atoms with Gasteiger partial charge in [0.2, 0.25) is 0 Å². The molecule has 8 heteroatoms. The molecule has 0 aliphatic carbocycles. The summed E-state index contributed by atoms with van der Waals surface area (Å²) in [5, 5.41) is 9.57. The summed E-state index contributed by atoms with van der Waals surface area (Å²) >= 11 is 10.7. The minimum atomic E-state index is 0.689. The standard InChI is InChI=1S/C16H28N6S2/c23-15(21-11-5-1-2-6-12-21)19-17-9-10-18-20-16(24)22-13-7-3-4-8-14-22/h9-10H,1-8,11-14H2,(H,19,23)(H,20,24)/b17-9-,18-10-. The molecule has 0 atom stereocenters. The molecule has 0 saturated carbocycles. The summed E-state index contributed by atoms with van der Waals surface area (Å²) in [7, 11) is 0. The molecule has 0 aromatic heterocycles. The van der Waals surface area contributed by atoms with Gasteiger partial charge in [0.15, 0.2) is 10.2 Å². The van der Waals surface area contributed by atoms with E-state index >= 15 is 0 Å². The van der Waals surface area contributed by atoms with E-state index < -0.39 is 0 Å².